The fraction of sp³-hybridized carbons (Fsp3) is 0.667. The highest BCUT2D eigenvalue weighted by atomic mass is 15.4. The molecule has 0 aromatic heterocycles. The molecule has 108 valence electrons. The summed E-state index contributed by atoms with van der Waals surface area (Å²) in [4.78, 5) is 12.1. The second-order valence-electron chi connectivity index (χ2n) is 6.27. The van der Waals surface area contributed by atoms with Crippen LogP contribution in [0.25, 0.3) is 0 Å². The van der Waals surface area contributed by atoms with Crippen molar-refractivity contribution in [3.05, 3.63) is 23.7 Å². The van der Waals surface area contributed by atoms with E-state index < -0.39 is 0 Å². The molecular formula is C15H23N5. The summed E-state index contributed by atoms with van der Waals surface area (Å²) in [7, 11) is 0. The van der Waals surface area contributed by atoms with E-state index in [-0.39, 0.29) is 0 Å². The number of likely N-dealkylation sites (tertiary alicyclic amines) is 1. The highest BCUT2D eigenvalue weighted by Gasteiger charge is 2.38. The summed E-state index contributed by atoms with van der Waals surface area (Å²) in [6.07, 6.45) is 8.73. The molecule has 2 saturated heterocycles. The van der Waals surface area contributed by atoms with Gasteiger partial charge in [-0.25, -0.2) is 0 Å². The fourth-order valence-corrected chi connectivity index (χ4v) is 3.78. The quantitative estimate of drug-likeness (QED) is 0.782. The molecule has 5 heteroatoms. The molecule has 5 nitrogen and oxygen atoms in total. The van der Waals surface area contributed by atoms with Crippen molar-refractivity contribution in [1.82, 2.24) is 14.7 Å². The average molecular weight is 273 g/mol. The molecule has 0 aromatic carbocycles. The summed E-state index contributed by atoms with van der Waals surface area (Å²) in [5.74, 6) is 1.36. The van der Waals surface area contributed by atoms with E-state index in [0.29, 0.717) is 12.1 Å². The van der Waals surface area contributed by atoms with Crippen molar-refractivity contribution in [2.75, 3.05) is 39.3 Å². The van der Waals surface area contributed by atoms with Gasteiger partial charge in [-0.2, -0.15) is 0 Å². The molecular weight excluding hydrogens is 250 g/mol. The maximum atomic E-state index is 6.00. The lowest BCUT2D eigenvalue weighted by Crippen LogP contribution is -2.47. The van der Waals surface area contributed by atoms with Crippen molar-refractivity contribution in [2.24, 2.45) is 10.7 Å². The van der Waals surface area contributed by atoms with Crippen molar-refractivity contribution in [1.29, 1.82) is 0 Å². The van der Waals surface area contributed by atoms with Gasteiger partial charge in [0.05, 0.1) is 12.6 Å². The summed E-state index contributed by atoms with van der Waals surface area (Å²) in [6.45, 7) is 6.60. The molecule has 2 fully saturated rings. The van der Waals surface area contributed by atoms with Crippen LogP contribution in [-0.2, 0) is 0 Å². The molecule has 0 saturated carbocycles. The van der Waals surface area contributed by atoms with Gasteiger partial charge in [-0.15, -0.1) is 0 Å². The molecule has 4 aliphatic rings. The van der Waals surface area contributed by atoms with Crippen molar-refractivity contribution >= 4 is 6.21 Å². The van der Waals surface area contributed by atoms with Gasteiger partial charge in [0.1, 0.15) is 11.5 Å². The molecule has 4 heterocycles. The van der Waals surface area contributed by atoms with Crippen LogP contribution in [0.1, 0.15) is 12.8 Å². The first-order chi connectivity index (χ1) is 9.81. The lowest BCUT2D eigenvalue weighted by atomic mass is 10.1. The Labute approximate surface area is 120 Å². The molecule has 20 heavy (non-hydrogen) atoms. The molecule has 0 bridgehead atoms. The van der Waals surface area contributed by atoms with Gasteiger partial charge in [0, 0.05) is 31.9 Å². The Bertz CT molecular complexity index is 469. The van der Waals surface area contributed by atoms with Gasteiger partial charge in [-0.1, -0.05) is 6.08 Å². The first-order valence-corrected chi connectivity index (χ1v) is 7.74. The number of rotatable bonds is 2. The normalized spacial score (nSPS) is 30.4. The van der Waals surface area contributed by atoms with Crippen LogP contribution in [0.15, 0.2) is 28.7 Å². The van der Waals surface area contributed by atoms with E-state index in [1.54, 1.807) is 0 Å². The first-order valence-electron chi connectivity index (χ1n) is 7.74. The van der Waals surface area contributed by atoms with E-state index in [1.165, 1.54) is 5.82 Å². The number of nitrogens with two attached hydrogens (primary N) is 1. The summed E-state index contributed by atoms with van der Waals surface area (Å²) >= 11 is 0. The first kappa shape index (κ1) is 12.4. The minimum atomic E-state index is 0.418. The van der Waals surface area contributed by atoms with Crippen molar-refractivity contribution in [3.8, 4) is 0 Å². The molecule has 1 atom stereocenters. The number of nitrogens with zero attached hydrogens (tertiary/aromatic N) is 4. The molecule has 0 aromatic rings. The van der Waals surface area contributed by atoms with Crippen LogP contribution in [0.2, 0.25) is 0 Å². The van der Waals surface area contributed by atoms with E-state index >= 15 is 0 Å². The Hall–Kier alpha value is -1.33. The van der Waals surface area contributed by atoms with Crippen molar-refractivity contribution in [2.45, 2.75) is 24.9 Å². The van der Waals surface area contributed by atoms with Crippen LogP contribution >= 0.6 is 0 Å². The SMILES string of the molecule is NC1CCN(C[C@@H]2CN3CC=CC4=C3N2CC=N4)CC1. The maximum Gasteiger partial charge on any atom is 0.131 e. The zero-order chi connectivity index (χ0) is 13.5. The maximum absolute atomic E-state index is 6.00. The molecule has 0 aliphatic carbocycles. The highest BCUT2D eigenvalue weighted by Crippen LogP contribution is 2.32. The number of aliphatic imine (C=N–C) groups is 1. The largest absolute Gasteiger partial charge is 0.351 e. The Morgan fingerprint density at radius 1 is 1.25 bits per heavy atom. The average Bonchev–Trinajstić information content (AvgIpc) is 2.82. The smallest absolute Gasteiger partial charge is 0.131 e. The van der Waals surface area contributed by atoms with Gasteiger partial charge in [0.25, 0.3) is 0 Å². The minimum absolute atomic E-state index is 0.418. The standard InChI is InChI=1S/C15H23N5/c16-12-3-7-18(8-4-12)10-13-11-19-6-1-2-14-15(19)20(13)9-5-17-14/h1-2,5,12-13H,3-4,6-11,16H2/t13-/m1/s1. The van der Waals surface area contributed by atoms with Crippen LogP contribution in [0.4, 0.5) is 0 Å². The van der Waals surface area contributed by atoms with Crippen LogP contribution in [-0.4, -0.2) is 72.3 Å². The predicted molar refractivity (Wildman–Crippen MR) is 80.4 cm³/mol. The Morgan fingerprint density at radius 2 is 2.10 bits per heavy atom. The van der Waals surface area contributed by atoms with Crippen molar-refractivity contribution < 1.29 is 0 Å². The van der Waals surface area contributed by atoms with Crippen LogP contribution in [0.5, 0.6) is 0 Å². The second kappa shape index (κ2) is 4.90. The number of hydrogen-bond acceptors (Lipinski definition) is 5. The fourth-order valence-electron chi connectivity index (χ4n) is 3.78. The molecule has 0 radical (unpaired) electrons. The third-order valence-electron chi connectivity index (χ3n) is 4.88. The van der Waals surface area contributed by atoms with Gasteiger partial charge in [0.2, 0.25) is 0 Å². The van der Waals surface area contributed by atoms with Gasteiger partial charge in [-0.3, -0.25) is 4.99 Å². The molecule has 0 spiro atoms. The third kappa shape index (κ3) is 2.05. The van der Waals surface area contributed by atoms with E-state index in [0.717, 1.165) is 57.8 Å². The zero-order valence-corrected chi connectivity index (χ0v) is 11.9. The van der Waals surface area contributed by atoms with Gasteiger partial charge in [0.15, 0.2) is 0 Å². The lowest BCUT2D eigenvalue weighted by Gasteiger charge is -2.35. The molecule has 0 amide bonds. The molecule has 4 rings (SSSR count). The minimum Gasteiger partial charge on any atom is -0.351 e. The summed E-state index contributed by atoms with van der Waals surface area (Å²) in [5.41, 5.74) is 7.15. The van der Waals surface area contributed by atoms with Crippen LogP contribution in [0, 0.1) is 0 Å². The van der Waals surface area contributed by atoms with E-state index in [1.807, 2.05) is 0 Å². The van der Waals surface area contributed by atoms with Gasteiger partial charge >= 0.3 is 0 Å². The Kier molecular flexibility index (Phi) is 3.04. The monoisotopic (exact) mass is 273 g/mol. The Morgan fingerprint density at radius 3 is 2.95 bits per heavy atom. The lowest BCUT2D eigenvalue weighted by molar-refractivity contribution is 0.168. The Balaban J connectivity index is 1.47. The van der Waals surface area contributed by atoms with Gasteiger partial charge in [-0.05, 0) is 32.0 Å². The van der Waals surface area contributed by atoms with E-state index in [9.17, 15) is 0 Å². The highest BCUT2D eigenvalue weighted by molar-refractivity contribution is 5.65. The molecule has 4 aliphatic heterocycles. The third-order valence-corrected chi connectivity index (χ3v) is 4.88. The summed E-state index contributed by atoms with van der Waals surface area (Å²) in [5, 5.41) is 0. The molecule has 2 N–H and O–H groups in total. The second-order valence-corrected chi connectivity index (χ2v) is 6.27. The van der Waals surface area contributed by atoms with E-state index in [4.69, 9.17) is 5.73 Å². The van der Waals surface area contributed by atoms with Crippen LogP contribution < -0.4 is 5.73 Å². The predicted octanol–water partition coefficient (Wildman–Crippen LogP) is 0.219. The number of hydrogen-bond donors (Lipinski definition) is 1. The van der Waals surface area contributed by atoms with Crippen LogP contribution in [0.3, 0.4) is 0 Å². The summed E-state index contributed by atoms with van der Waals surface area (Å²) < 4.78 is 0. The topological polar surface area (TPSA) is 48.1 Å². The van der Waals surface area contributed by atoms with E-state index in [2.05, 4.69) is 38.1 Å². The van der Waals surface area contributed by atoms with Gasteiger partial charge < -0.3 is 20.4 Å². The number of allylic oxidation sites excluding steroid dienone is 1. The van der Waals surface area contributed by atoms with Crippen molar-refractivity contribution in [3.63, 3.8) is 0 Å². The molecule has 0 unspecified atom stereocenters. The number of piperidine rings is 1. The summed E-state index contributed by atoms with van der Waals surface area (Å²) in [6, 6.07) is 1.02. The zero-order valence-electron chi connectivity index (χ0n) is 11.9.